The van der Waals surface area contributed by atoms with Crippen LogP contribution in [-0.2, 0) is 19.2 Å². The van der Waals surface area contributed by atoms with E-state index in [-0.39, 0.29) is 28.6 Å². The molecule has 36 heavy (non-hydrogen) atoms. The monoisotopic (exact) mass is 516 g/mol. The van der Waals surface area contributed by atoms with Gasteiger partial charge >= 0.3 is 5.97 Å². The predicted molar refractivity (Wildman–Crippen MR) is 125 cm³/mol. The number of allylic oxidation sites excluding steroid dienone is 2. The molecule has 4 aliphatic rings. The number of hydrogen-bond donors (Lipinski definition) is 5. The quantitative estimate of drug-likeness (QED) is 0.0988. The molecule has 0 saturated carbocycles. The van der Waals surface area contributed by atoms with Gasteiger partial charge in [-0.2, -0.15) is 9.36 Å². The number of anilines is 1. The Balaban J connectivity index is 1.33. The largest absolute Gasteiger partial charge is 0.477 e. The lowest BCUT2D eigenvalue weighted by atomic mass is 9.83. The third-order valence-electron chi connectivity index (χ3n) is 6.91. The van der Waals surface area contributed by atoms with Crippen molar-refractivity contribution < 1.29 is 29.5 Å². The first-order chi connectivity index (χ1) is 17.3. The Morgan fingerprint density at radius 3 is 2.72 bits per heavy atom. The van der Waals surface area contributed by atoms with Gasteiger partial charge in [-0.25, -0.2) is 4.79 Å². The van der Waals surface area contributed by atoms with Crippen molar-refractivity contribution in [3.05, 3.63) is 28.7 Å². The zero-order chi connectivity index (χ0) is 25.6. The van der Waals surface area contributed by atoms with Gasteiger partial charge in [0.2, 0.25) is 17.4 Å². The smallest absolute Gasteiger partial charge is 0.352 e. The minimum atomic E-state index is -1.29. The molecule has 0 radical (unpaired) electrons. The Morgan fingerprint density at radius 2 is 2.08 bits per heavy atom. The van der Waals surface area contributed by atoms with Crippen molar-refractivity contribution >= 4 is 46.1 Å². The van der Waals surface area contributed by atoms with Crippen molar-refractivity contribution in [2.75, 3.05) is 25.4 Å². The molecular weight excluding hydrogens is 492 g/mol. The molecule has 0 aromatic carbocycles. The number of β-lactam (4-membered cyclic amide) rings is 1. The molecule has 3 saturated heterocycles. The molecule has 14 nitrogen and oxygen atoms in total. The van der Waals surface area contributed by atoms with E-state index in [9.17, 15) is 29.5 Å². The predicted octanol–water partition coefficient (Wildman–Crippen LogP) is -1.35. The summed E-state index contributed by atoms with van der Waals surface area (Å²) < 4.78 is 3.82. The highest BCUT2D eigenvalue weighted by molar-refractivity contribution is 7.09. The molecule has 1 aromatic heterocycles. The summed E-state index contributed by atoms with van der Waals surface area (Å²) in [7, 11) is 0. The van der Waals surface area contributed by atoms with E-state index in [2.05, 4.69) is 25.1 Å². The van der Waals surface area contributed by atoms with Gasteiger partial charge in [0.25, 0.3) is 11.8 Å². The van der Waals surface area contributed by atoms with Gasteiger partial charge in [-0.15, -0.1) is 0 Å². The molecule has 5 rings (SSSR count). The number of nitrogens with zero attached hydrogens (tertiary/aromatic N) is 5. The highest BCUT2D eigenvalue weighted by Crippen LogP contribution is 2.38. The van der Waals surface area contributed by atoms with Gasteiger partial charge in [-0.05, 0) is 43.9 Å². The number of carbonyl (C=O) groups is 4. The van der Waals surface area contributed by atoms with E-state index in [0.29, 0.717) is 37.0 Å². The number of likely N-dealkylation sites (tertiary alicyclic amines) is 1. The fourth-order valence-corrected chi connectivity index (χ4v) is 5.63. The number of rotatable bonds is 6. The molecular formula is C21H24N8O6S. The molecule has 1 aromatic rings. The number of aliphatic carboxylic acids is 1. The molecule has 15 heteroatoms. The number of carbonyl (C=O) groups excluding carboxylic acids is 3. The normalized spacial score (nSPS) is 27.5. The van der Waals surface area contributed by atoms with Crippen LogP contribution >= 0.6 is 11.5 Å². The summed E-state index contributed by atoms with van der Waals surface area (Å²) in [6.07, 6.45) is 3.70. The maximum absolute atomic E-state index is 12.9. The molecule has 5 heterocycles. The summed E-state index contributed by atoms with van der Waals surface area (Å²) in [5.41, 5.74) is 5.75. The molecule has 3 atom stereocenters. The third kappa shape index (κ3) is 3.99. The summed E-state index contributed by atoms with van der Waals surface area (Å²) >= 11 is 0.809. The second-order valence-electron chi connectivity index (χ2n) is 8.91. The Bertz CT molecular complexity index is 1230. The van der Waals surface area contributed by atoms with Crippen molar-refractivity contribution in [2.24, 2.45) is 5.16 Å². The number of amides is 3. The Morgan fingerprint density at radius 1 is 1.28 bits per heavy atom. The van der Waals surface area contributed by atoms with Crippen LogP contribution in [0.25, 0.3) is 0 Å². The van der Waals surface area contributed by atoms with Crippen LogP contribution in [0, 0.1) is 0 Å². The molecule has 0 aliphatic carbocycles. The van der Waals surface area contributed by atoms with Crippen LogP contribution in [-0.4, -0.2) is 96.6 Å². The Kier molecular flexibility index (Phi) is 6.17. The molecule has 0 spiro atoms. The maximum atomic E-state index is 12.9. The van der Waals surface area contributed by atoms with Crippen LogP contribution in [0.1, 0.15) is 31.5 Å². The van der Waals surface area contributed by atoms with E-state index < -0.39 is 35.6 Å². The second-order valence-corrected chi connectivity index (χ2v) is 9.70. The van der Waals surface area contributed by atoms with Gasteiger partial charge in [-0.1, -0.05) is 5.16 Å². The lowest BCUT2D eigenvalue weighted by Gasteiger charge is -2.50. The van der Waals surface area contributed by atoms with Crippen LogP contribution in [0.4, 0.5) is 5.13 Å². The highest BCUT2D eigenvalue weighted by Gasteiger charge is 2.53. The fraction of sp³-hybridized carbons (Fsp3) is 0.476. The summed E-state index contributed by atoms with van der Waals surface area (Å²) in [6, 6.07) is -1.47. The SMILES string of the molecule is Nc1nc(/C(=N\O)C(=O)N[C@@H]2C(=O)N3C(C(=O)O)=C(/C=C4\CCN(C5CCNC5)C4=O)CC[C@H]23)ns1. The average Bonchev–Trinajstić information content (AvgIpc) is 3.60. The van der Waals surface area contributed by atoms with Crippen LogP contribution in [0.5, 0.6) is 0 Å². The topological polar surface area (TPSA) is 203 Å². The number of oxime groups is 1. The molecule has 1 unspecified atom stereocenters. The van der Waals surface area contributed by atoms with Crippen molar-refractivity contribution in [2.45, 2.75) is 43.8 Å². The first-order valence-corrected chi connectivity index (χ1v) is 12.2. The summed E-state index contributed by atoms with van der Waals surface area (Å²) in [5, 5.41) is 27.9. The minimum absolute atomic E-state index is 0.0683. The molecule has 3 fully saturated rings. The summed E-state index contributed by atoms with van der Waals surface area (Å²) in [4.78, 5) is 57.4. The van der Waals surface area contributed by atoms with Gasteiger partial charge < -0.3 is 31.6 Å². The molecule has 190 valence electrons. The second kappa shape index (κ2) is 9.31. The van der Waals surface area contributed by atoms with Crippen molar-refractivity contribution in [3.8, 4) is 0 Å². The third-order valence-corrected chi connectivity index (χ3v) is 7.46. The number of carboxylic acids is 1. The number of carboxylic acid groups (broad SMARTS) is 1. The Labute approximate surface area is 208 Å². The van der Waals surface area contributed by atoms with Crippen molar-refractivity contribution in [3.63, 3.8) is 0 Å². The van der Waals surface area contributed by atoms with Crippen molar-refractivity contribution in [1.29, 1.82) is 0 Å². The number of fused-ring (bicyclic) bond motifs is 1. The van der Waals surface area contributed by atoms with E-state index in [4.69, 9.17) is 5.73 Å². The summed E-state index contributed by atoms with van der Waals surface area (Å²) in [5.74, 6) is -3.07. The minimum Gasteiger partial charge on any atom is -0.477 e. The van der Waals surface area contributed by atoms with Gasteiger partial charge in [0.1, 0.15) is 11.7 Å². The molecule has 6 N–H and O–H groups in total. The zero-order valence-electron chi connectivity index (χ0n) is 19.0. The van der Waals surface area contributed by atoms with Crippen LogP contribution in [0.15, 0.2) is 28.1 Å². The van der Waals surface area contributed by atoms with Crippen LogP contribution in [0.2, 0.25) is 0 Å². The van der Waals surface area contributed by atoms with Gasteiger partial charge in [-0.3, -0.25) is 19.3 Å². The lowest BCUT2D eigenvalue weighted by molar-refractivity contribution is -0.155. The Hall–Kier alpha value is -3.85. The van der Waals surface area contributed by atoms with E-state index in [1.807, 2.05) is 4.90 Å². The first kappa shape index (κ1) is 23.9. The number of nitrogens with one attached hydrogen (secondary N) is 2. The zero-order valence-corrected chi connectivity index (χ0v) is 19.8. The van der Waals surface area contributed by atoms with E-state index in [1.54, 1.807) is 6.08 Å². The standard InChI is InChI=1S/C21H24N8O6S/c22-21-25-16(27-36-21)14(26-35)17(30)24-13-12-2-1-9(15(20(33)34)29(12)19(13)32)7-10-4-6-28(18(10)31)11-3-5-23-8-11/h7,11-13,23,35H,1-6,8H2,(H,24,30)(H,33,34)(H2,22,25,27)/b10-7+,26-14+/t11?,12-,13+/m1/s1. The van der Waals surface area contributed by atoms with Crippen LogP contribution in [0.3, 0.4) is 0 Å². The number of aromatic nitrogens is 2. The average molecular weight is 517 g/mol. The number of nitrogen functional groups attached to an aromatic ring is 1. The van der Waals surface area contributed by atoms with E-state index in [1.165, 1.54) is 0 Å². The lowest BCUT2D eigenvalue weighted by Crippen LogP contribution is -2.72. The highest BCUT2D eigenvalue weighted by atomic mass is 32.1. The first-order valence-electron chi connectivity index (χ1n) is 11.4. The van der Waals surface area contributed by atoms with Crippen molar-refractivity contribution in [1.82, 2.24) is 29.8 Å². The van der Waals surface area contributed by atoms with Gasteiger partial charge in [0, 0.05) is 36.2 Å². The number of hydrogen-bond acceptors (Lipinski definition) is 11. The van der Waals surface area contributed by atoms with Gasteiger partial charge in [0.15, 0.2) is 5.13 Å². The molecule has 4 aliphatic heterocycles. The fourth-order valence-electron chi connectivity index (χ4n) is 5.20. The van der Waals surface area contributed by atoms with E-state index >= 15 is 0 Å². The van der Waals surface area contributed by atoms with Gasteiger partial charge in [0.05, 0.1) is 6.04 Å². The van der Waals surface area contributed by atoms with E-state index in [0.717, 1.165) is 35.9 Å². The molecule has 3 amide bonds. The van der Waals surface area contributed by atoms with Crippen LogP contribution < -0.4 is 16.4 Å². The molecule has 0 bridgehead atoms. The number of nitrogens with two attached hydrogens (primary N) is 1. The maximum Gasteiger partial charge on any atom is 0.352 e. The summed E-state index contributed by atoms with van der Waals surface area (Å²) in [6.45, 7) is 2.19.